The van der Waals surface area contributed by atoms with E-state index in [2.05, 4.69) is 26.1 Å². The standard InChI is InChI=1S/C16H31NO3/c1-5-19-10-6-9-17-16(18)20-15-11-13(4)7-8-14(15)12(2)3/h12-15H,5-11H2,1-4H3,(H,17,18)/t13-,14+,15+/m1/s1. The average molecular weight is 285 g/mol. The summed E-state index contributed by atoms with van der Waals surface area (Å²) in [5, 5.41) is 2.82. The largest absolute Gasteiger partial charge is 0.446 e. The summed E-state index contributed by atoms with van der Waals surface area (Å²) in [4.78, 5) is 11.8. The van der Waals surface area contributed by atoms with Gasteiger partial charge in [-0.1, -0.05) is 27.2 Å². The van der Waals surface area contributed by atoms with Gasteiger partial charge in [0.25, 0.3) is 0 Å². The SMILES string of the molecule is CCOCCCNC(=O)O[C@H]1C[C@H](C)CC[C@H]1C(C)C. The van der Waals surface area contributed by atoms with Crippen molar-refractivity contribution in [1.82, 2.24) is 5.32 Å². The zero-order valence-corrected chi connectivity index (χ0v) is 13.5. The molecule has 20 heavy (non-hydrogen) atoms. The maximum Gasteiger partial charge on any atom is 0.407 e. The first-order valence-corrected chi connectivity index (χ1v) is 8.06. The summed E-state index contributed by atoms with van der Waals surface area (Å²) in [6, 6.07) is 0. The van der Waals surface area contributed by atoms with Gasteiger partial charge in [0.15, 0.2) is 0 Å². The Bertz CT molecular complexity index is 281. The minimum atomic E-state index is -0.272. The van der Waals surface area contributed by atoms with E-state index in [9.17, 15) is 4.79 Å². The monoisotopic (exact) mass is 285 g/mol. The predicted octanol–water partition coefficient (Wildman–Crippen LogP) is 3.60. The van der Waals surface area contributed by atoms with Crippen LogP contribution in [0.25, 0.3) is 0 Å². The molecule has 0 aromatic carbocycles. The maximum atomic E-state index is 11.8. The van der Waals surface area contributed by atoms with Crippen LogP contribution in [-0.4, -0.2) is 32.0 Å². The topological polar surface area (TPSA) is 47.6 Å². The van der Waals surface area contributed by atoms with Crippen LogP contribution in [0.1, 0.15) is 53.4 Å². The van der Waals surface area contributed by atoms with Gasteiger partial charge in [0.05, 0.1) is 0 Å². The van der Waals surface area contributed by atoms with E-state index in [0.717, 1.165) is 19.4 Å². The zero-order chi connectivity index (χ0) is 15.0. The molecule has 4 heteroatoms. The molecule has 0 unspecified atom stereocenters. The first-order chi connectivity index (χ1) is 9.54. The number of hydrogen-bond acceptors (Lipinski definition) is 3. The van der Waals surface area contributed by atoms with Gasteiger partial charge in [0.2, 0.25) is 0 Å². The highest BCUT2D eigenvalue weighted by atomic mass is 16.6. The molecular formula is C16H31NO3. The fourth-order valence-electron chi connectivity index (χ4n) is 2.94. The van der Waals surface area contributed by atoms with Crippen LogP contribution >= 0.6 is 0 Å². The van der Waals surface area contributed by atoms with Gasteiger partial charge in [0.1, 0.15) is 6.10 Å². The molecule has 1 amide bonds. The van der Waals surface area contributed by atoms with Crippen LogP contribution in [0.15, 0.2) is 0 Å². The summed E-state index contributed by atoms with van der Waals surface area (Å²) in [7, 11) is 0. The van der Waals surface area contributed by atoms with Crippen LogP contribution in [0.4, 0.5) is 4.79 Å². The number of amides is 1. The van der Waals surface area contributed by atoms with Gasteiger partial charge in [-0.05, 0) is 43.9 Å². The minimum Gasteiger partial charge on any atom is -0.446 e. The highest BCUT2D eigenvalue weighted by Gasteiger charge is 2.33. The van der Waals surface area contributed by atoms with Gasteiger partial charge in [0, 0.05) is 19.8 Å². The highest BCUT2D eigenvalue weighted by molar-refractivity contribution is 5.67. The van der Waals surface area contributed by atoms with Crippen LogP contribution < -0.4 is 5.32 Å². The first-order valence-electron chi connectivity index (χ1n) is 8.06. The number of nitrogens with one attached hydrogen (secondary N) is 1. The molecule has 0 aliphatic heterocycles. The number of carbonyl (C=O) groups is 1. The van der Waals surface area contributed by atoms with E-state index in [1.165, 1.54) is 12.8 Å². The molecule has 1 aliphatic rings. The summed E-state index contributed by atoms with van der Waals surface area (Å²) < 4.78 is 10.9. The molecule has 0 aromatic rings. The summed E-state index contributed by atoms with van der Waals surface area (Å²) in [6.45, 7) is 10.7. The van der Waals surface area contributed by atoms with Crippen molar-refractivity contribution in [2.24, 2.45) is 17.8 Å². The van der Waals surface area contributed by atoms with Crippen molar-refractivity contribution < 1.29 is 14.3 Å². The normalized spacial score (nSPS) is 26.6. The molecule has 0 heterocycles. The molecule has 0 saturated heterocycles. The van der Waals surface area contributed by atoms with Gasteiger partial charge in [-0.2, -0.15) is 0 Å². The van der Waals surface area contributed by atoms with Crippen LogP contribution in [-0.2, 0) is 9.47 Å². The molecule has 4 nitrogen and oxygen atoms in total. The molecule has 0 radical (unpaired) electrons. The molecule has 3 atom stereocenters. The molecule has 118 valence electrons. The van der Waals surface area contributed by atoms with Crippen molar-refractivity contribution in [3.8, 4) is 0 Å². The molecule has 0 bridgehead atoms. The van der Waals surface area contributed by atoms with E-state index in [4.69, 9.17) is 9.47 Å². The van der Waals surface area contributed by atoms with Gasteiger partial charge in [-0.15, -0.1) is 0 Å². The Morgan fingerprint density at radius 2 is 2.10 bits per heavy atom. The fourth-order valence-corrected chi connectivity index (χ4v) is 2.94. The highest BCUT2D eigenvalue weighted by Crippen LogP contribution is 2.35. The van der Waals surface area contributed by atoms with Crippen molar-refractivity contribution in [3.05, 3.63) is 0 Å². The Morgan fingerprint density at radius 3 is 2.75 bits per heavy atom. The minimum absolute atomic E-state index is 0.0747. The lowest BCUT2D eigenvalue weighted by Gasteiger charge is -2.36. The molecule has 1 saturated carbocycles. The first kappa shape index (κ1) is 17.3. The molecule has 0 aromatic heterocycles. The van der Waals surface area contributed by atoms with Gasteiger partial charge in [-0.3, -0.25) is 0 Å². The van der Waals surface area contributed by atoms with Crippen molar-refractivity contribution in [2.45, 2.75) is 59.5 Å². The van der Waals surface area contributed by atoms with Crippen molar-refractivity contribution >= 4 is 6.09 Å². The molecule has 0 spiro atoms. The lowest BCUT2D eigenvalue weighted by Crippen LogP contribution is -2.39. The third-order valence-electron chi connectivity index (χ3n) is 4.16. The van der Waals surface area contributed by atoms with Crippen molar-refractivity contribution in [1.29, 1.82) is 0 Å². The Hall–Kier alpha value is -0.770. The Labute approximate surface area is 123 Å². The average Bonchev–Trinajstić information content (AvgIpc) is 2.38. The zero-order valence-electron chi connectivity index (χ0n) is 13.5. The van der Waals surface area contributed by atoms with E-state index < -0.39 is 0 Å². The third-order valence-corrected chi connectivity index (χ3v) is 4.16. The second-order valence-electron chi connectivity index (χ2n) is 6.25. The summed E-state index contributed by atoms with van der Waals surface area (Å²) in [6.07, 6.45) is 4.05. The van der Waals surface area contributed by atoms with Crippen LogP contribution in [0.5, 0.6) is 0 Å². The van der Waals surface area contributed by atoms with Crippen LogP contribution in [0.2, 0.25) is 0 Å². The summed E-state index contributed by atoms with van der Waals surface area (Å²) in [5.74, 6) is 1.72. The van der Waals surface area contributed by atoms with E-state index in [1.54, 1.807) is 0 Å². The lowest BCUT2D eigenvalue weighted by molar-refractivity contribution is 0.00603. The summed E-state index contributed by atoms with van der Waals surface area (Å²) >= 11 is 0. The molecule has 1 fully saturated rings. The number of carbonyl (C=O) groups excluding carboxylic acids is 1. The van der Waals surface area contributed by atoms with E-state index in [-0.39, 0.29) is 12.2 Å². The maximum absolute atomic E-state index is 11.8. The molecule has 1 rings (SSSR count). The second-order valence-corrected chi connectivity index (χ2v) is 6.25. The number of hydrogen-bond donors (Lipinski definition) is 1. The Balaban J connectivity index is 2.30. The number of rotatable bonds is 7. The van der Waals surface area contributed by atoms with Crippen LogP contribution in [0, 0.1) is 17.8 Å². The van der Waals surface area contributed by atoms with Crippen molar-refractivity contribution in [3.63, 3.8) is 0 Å². The number of ether oxygens (including phenoxy) is 2. The predicted molar refractivity (Wildman–Crippen MR) is 80.7 cm³/mol. The lowest BCUT2D eigenvalue weighted by atomic mass is 9.75. The quantitative estimate of drug-likeness (QED) is 0.727. The van der Waals surface area contributed by atoms with Gasteiger partial charge < -0.3 is 14.8 Å². The van der Waals surface area contributed by atoms with E-state index >= 15 is 0 Å². The van der Waals surface area contributed by atoms with Crippen LogP contribution in [0.3, 0.4) is 0 Å². The fraction of sp³-hybridized carbons (Fsp3) is 0.938. The van der Waals surface area contributed by atoms with Crippen molar-refractivity contribution in [2.75, 3.05) is 19.8 Å². The van der Waals surface area contributed by atoms with Gasteiger partial charge in [-0.25, -0.2) is 4.79 Å². The van der Waals surface area contributed by atoms with E-state index in [0.29, 0.717) is 30.9 Å². The van der Waals surface area contributed by atoms with E-state index in [1.807, 2.05) is 6.92 Å². The molecule has 1 N–H and O–H groups in total. The van der Waals surface area contributed by atoms with Gasteiger partial charge >= 0.3 is 6.09 Å². The Kier molecular flexibility index (Phi) is 7.97. The second kappa shape index (κ2) is 9.22. The smallest absolute Gasteiger partial charge is 0.407 e. The molecule has 1 aliphatic carbocycles. The Morgan fingerprint density at radius 1 is 1.35 bits per heavy atom. The molecular weight excluding hydrogens is 254 g/mol. The third kappa shape index (κ3) is 6.12. The summed E-state index contributed by atoms with van der Waals surface area (Å²) in [5.41, 5.74) is 0. The number of alkyl carbamates (subject to hydrolysis) is 1.